The number of carbonyl (C=O) groups excluding carboxylic acids is 2. The van der Waals surface area contributed by atoms with Gasteiger partial charge in [-0.3, -0.25) is 9.59 Å². The predicted molar refractivity (Wildman–Crippen MR) is 127 cm³/mol. The molecule has 0 aromatic heterocycles. The molecule has 0 bridgehead atoms. The molecule has 0 saturated carbocycles. The van der Waals surface area contributed by atoms with Gasteiger partial charge in [-0.05, 0) is 36.2 Å². The number of aryl methyl sites for hydroxylation is 1. The third-order valence-corrected chi connectivity index (χ3v) is 5.38. The first kappa shape index (κ1) is 23.4. The van der Waals surface area contributed by atoms with Crippen molar-refractivity contribution < 1.29 is 14.3 Å². The number of likely N-dealkylation sites (N-methyl/N-ethyl adjacent to an activating group) is 1. The molecule has 6 heteroatoms. The molecule has 0 fully saturated rings. The zero-order chi connectivity index (χ0) is 22.9. The number of ether oxygens (including phenoxy) is 1. The third-order valence-electron chi connectivity index (χ3n) is 5.15. The number of hydrogen-bond donors (Lipinski definition) is 1. The molecular weight excluding hydrogens is 424 g/mol. The van der Waals surface area contributed by atoms with Crippen molar-refractivity contribution in [3.63, 3.8) is 0 Å². The zero-order valence-corrected chi connectivity index (χ0v) is 19.0. The maximum atomic E-state index is 13.3. The molecule has 3 rings (SSSR count). The maximum absolute atomic E-state index is 13.3. The van der Waals surface area contributed by atoms with E-state index in [1.165, 1.54) is 0 Å². The lowest BCUT2D eigenvalue weighted by molar-refractivity contribution is -0.142. The van der Waals surface area contributed by atoms with Crippen LogP contribution >= 0.6 is 11.6 Å². The van der Waals surface area contributed by atoms with Crippen molar-refractivity contribution in [2.45, 2.75) is 25.9 Å². The van der Waals surface area contributed by atoms with Gasteiger partial charge in [0.1, 0.15) is 11.8 Å². The van der Waals surface area contributed by atoms with Crippen molar-refractivity contribution in [3.8, 4) is 5.75 Å². The number of nitrogens with one attached hydrogen (secondary N) is 1. The Bertz CT molecular complexity index is 1040. The fourth-order valence-corrected chi connectivity index (χ4v) is 3.58. The van der Waals surface area contributed by atoms with Crippen LogP contribution in [0.15, 0.2) is 78.9 Å². The Morgan fingerprint density at radius 2 is 1.69 bits per heavy atom. The molecule has 3 aromatic rings. The Morgan fingerprint density at radius 3 is 2.34 bits per heavy atom. The van der Waals surface area contributed by atoms with E-state index in [2.05, 4.69) is 5.32 Å². The van der Waals surface area contributed by atoms with Crippen molar-refractivity contribution in [1.29, 1.82) is 0 Å². The second-order valence-electron chi connectivity index (χ2n) is 7.57. The highest BCUT2D eigenvalue weighted by molar-refractivity contribution is 6.30. The minimum Gasteiger partial charge on any atom is -0.484 e. The first-order valence-electron chi connectivity index (χ1n) is 10.4. The van der Waals surface area contributed by atoms with Crippen LogP contribution < -0.4 is 10.1 Å². The van der Waals surface area contributed by atoms with Gasteiger partial charge < -0.3 is 15.0 Å². The van der Waals surface area contributed by atoms with Gasteiger partial charge in [-0.2, -0.15) is 0 Å². The lowest BCUT2D eigenvalue weighted by atomic mass is 10.0. The largest absolute Gasteiger partial charge is 0.484 e. The van der Waals surface area contributed by atoms with Gasteiger partial charge in [0.25, 0.3) is 5.91 Å². The number of halogens is 1. The van der Waals surface area contributed by atoms with E-state index in [0.29, 0.717) is 23.7 Å². The molecule has 0 heterocycles. The van der Waals surface area contributed by atoms with Crippen LogP contribution in [0.25, 0.3) is 0 Å². The highest BCUT2D eigenvalue weighted by atomic mass is 35.5. The van der Waals surface area contributed by atoms with Crippen molar-refractivity contribution in [1.82, 2.24) is 10.2 Å². The summed E-state index contributed by atoms with van der Waals surface area (Å²) in [6.07, 6.45) is 0.398. The summed E-state index contributed by atoms with van der Waals surface area (Å²) in [4.78, 5) is 27.8. The minimum atomic E-state index is -0.681. The number of hydrogen-bond acceptors (Lipinski definition) is 3. The first-order valence-corrected chi connectivity index (χ1v) is 10.8. The Hall–Kier alpha value is -3.31. The van der Waals surface area contributed by atoms with E-state index in [9.17, 15) is 9.59 Å². The SMILES string of the molecule is CNC(=O)C(Cc1ccccc1)N(Cc1ccc(C)cc1)C(=O)COc1cccc(Cl)c1. The van der Waals surface area contributed by atoms with E-state index in [-0.39, 0.29) is 18.4 Å². The van der Waals surface area contributed by atoms with E-state index < -0.39 is 6.04 Å². The van der Waals surface area contributed by atoms with Gasteiger partial charge in [0.05, 0.1) is 0 Å². The van der Waals surface area contributed by atoms with Crippen LogP contribution in [-0.2, 0) is 22.6 Å². The standard InChI is InChI=1S/C26H27ClN2O3/c1-19-11-13-21(14-12-19)17-29(25(30)18-32-23-10-6-9-22(27)16-23)24(26(31)28-2)15-20-7-4-3-5-8-20/h3-14,16,24H,15,17-18H2,1-2H3,(H,28,31). The van der Waals surface area contributed by atoms with Gasteiger partial charge in [0, 0.05) is 25.0 Å². The summed E-state index contributed by atoms with van der Waals surface area (Å²) in [6, 6.07) is 23.8. The topological polar surface area (TPSA) is 58.6 Å². The van der Waals surface area contributed by atoms with E-state index >= 15 is 0 Å². The molecule has 0 spiro atoms. The molecule has 0 saturated heterocycles. The summed E-state index contributed by atoms with van der Waals surface area (Å²) in [5, 5.41) is 3.23. The highest BCUT2D eigenvalue weighted by Crippen LogP contribution is 2.19. The highest BCUT2D eigenvalue weighted by Gasteiger charge is 2.30. The number of rotatable bonds is 9. The number of benzene rings is 3. The van der Waals surface area contributed by atoms with Crippen LogP contribution in [0.2, 0.25) is 5.02 Å². The zero-order valence-electron chi connectivity index (χ0n) is 18.3. The summed E-state index contributed by atoms with van der Waals surface area (Å²) in [5.41, 5.74) is 3.04. The summed E-state index contributed by atoms with van der Waals surface area (Å²) in [6.45, 7) is 2.10. The van der Waals surface area contributed by atoms with Gasteiger partial charge in [0.15, 0.2) is 6.61 Å². The van der Waals surface area contributed by atoms with Crippen molar-refractivity contribution in [2.75, 3.05) is 13.7 Å². The van der Waals surface area contributed by atoms with E-state index in [1.807, 2.05) is 61.5 Å². The molecule has 32 heavy (non-hydrogen) atoms. The molecule has 5 nitrogen and oxygen atoms in total. The quantitative estimate of drug-likeness (QED) is 0.525. The Balaban J connectivity index is 1.86. The van der Waals surface area contributed by atoms with E-state index in [1.54, 1.807) is 36.2 Å². The second kappa shape index (κ2) is 11.3. The molecule has 0 aliphatic carbocycles. The maximum Gasteiger partial charge on any atom is 0.261 e. The second-order valence-corrected chi connectivity index (χ2v) is 8.01. The monoisotopic (exact) mass is 450 g/mol. The average molecular weight is 451 g/mol. The van der Waals surface area contributed by atoms with Gasteiger partial charge >= 0.3 is 0 Å². The van der Waals surface area contributed by atoms with Crippen molar-refractivity contribution >= 4 is 23.4 Å². The molecule has 0 aliphatic rings. The third kappa shape index (κ3) is 6.59. The van der Waals surface area contributed by atoms with Gasteiger partial charge in [-0.15, -0.1) is 0 Å². The lowest BCUT2D eigenvalue weighted by Gasteiger charge is -2.31. The van der Waals surface area contributed by atoms with Crippen molar-refractivity contribution in [3.05, 3.63) is 101 Å². The van der Waals surface area contributed by atoms with Crippen LogP contribution in [0.3, 0.4) is 0 Å². The van der Waals surface area contributed by atoms with Crippen LogP contribution in [-0.4, -0.2) is 36.4 Å². The van der Waals surface area contributed by atoms with Gasteiger partial charge in [0.2, 0.25) is 5.91 Å². The molecular formula is C26H27ClN2O3. The lowest BCUT2D eigenvalue weighted by Crippen LogP contribution is -2.51. The van der Waals surface area contributed by atoms with Gasteiger partial charge in [-0.25, -0.2) is 0 Å². The fourth-order valence-electron chi connectivity index (χ4n) is 3.40. The summed E-state index contributed by atoms with van der Waals surface area (Å²) < 4.78 is 5.69. The Morgan fingerprint density at radius 1 is 0.969 bits per heavy atom. The average Bonchev–Trinajstić information content (AvgIpc) is 2.81. The number of carbonyl (C=O) groups is 2. The van der Waals surface area contributed by atoms with Crippen LogP contribution in [0.4, 0.5) is 0 Å². The molecule has 1 unspecified atom stereocenters. The summed E-state index contributed by atoms with van der Waals surface area (Å²) in [5.74, 6) is -0.00663. The molecule has 0 aliphatic heterocycles. The smallest absolute Gasteiger partial charge is 0.261 e. The molecule has 1 N–H and O–H groups in total. The van der Waals surface area contributed by atoms with Crippen LogP contribution in [0.5, 0.6) is 5.75 Å². The molecule has 1 atom stereocenters. The van der Waals surface area contributed by atoms with Crippen LogP contribution in [0, 0.1) is 6.92 Å². The minimum absolute atomic E-state index is 0.200. The van der Waals surface area contributed by atoms with Crippen molar-refractivity contribution in [2.24, 2.45) is 0 Å². The summed E-state index contributed by atoms with van der Waals surface area (Å²) in [7, 11) is 1.58. The number of amides is 2. The number of nitrogens with zero attached hydrogens (tertiary/aromatic N) is 1. The van der Waals surface area contributed by atoms with E-state index in [0.717, 1.165) is 16.7 Å². The molecule has 0 radical (unpaired) electrons. The first-order chi connectivity index (χ1) is 15.5. The Kier molecular flexibility index (Phi) is 8.28. The molecule has 2 amide bonds. The molecule has 3 aromatic carbocycles. The Labute approximate surface area is 194 Å². The predicted octanol–water partition coefficient (Wildman–Crippen LogP) is 4.41. The van der Waals surface area contributed by atoms with E-state index in [4.69, 9.17) is 16.3 Å². The fraction of sp³-hybridized carbons (Fsp3) is 0.231. The summed E-state index contributed by atoms with van der Waals surface area (Å²) >= 11 is 6.02. The molecule has 166 valence electrons. The van der Waals surface area contributed by atoms with Crippen LogP contribution in [0.1, 0.15) is 16.7 Å². The van der Waals surface area contributed by atoms with Gasteiger partial charge in [-0.1, -0.05) is 77.8 Å². The normalized spacial score (nSPS) is 11.5.